The number of ether oxygens (including phenoxy) is 1. The summed E-state index contributed by atoms with van der Waals surface area (Å²) >= 11 is 0. The molecule has 0 aromatic carbocycles. The number of nitrogens with one attached hydrogen (secondary N) is 2. The van der Waals surface area contributed by atoms with Crippen LogP contribution in [0.15, 0.2) is 0 Å². The van der Waals surface area contributed by atoms with Gasteiger partial charge in [-0.1, -0.05) is 0 Å². The molecule has 0 spiro atoms. The Hall–Kier alpha value is -1.35. The van der Waals surface area contributed by atoms with Crippen molar-refractivity contribution < 1.29 is 27.9 Å². The van der Waals surface area contributed by atoms with Gasteiger partial charge in [0.15, 0.2) is 0 Å². The van der Waals surface area contributed by atoms with Gasteiger partial charge in [0, 0.05) is 6.54 Å². The minimum atomic E-state index is -4.10. The van der Waals surface area contributed by atoms with Gasteiger partial charge in [0.1, 0.15) is 0 Å². The maximum absolute atomic E-state index is 11.2. The second-order valence-corrected chi connectivity index (χ2v) is 5.11. The molecule has 3 N–H and O–H groups in total. The van der Waals surface area contributed by atoms with Crippen LogP contribution in [0.3, 0.4) is 0 Å². The van der Waals surface area contributed by atoms with Gasteiger partial charge >= 0.3 is 22.3 Å². The highest BCUT2D eigenvalue weighted by Crippen LogP contribution is 2.13. The van der Waals surface area contributed by atoms with E-state index in [9.17, 15) is 18.0 Å². The van der Waals surface area contributed by atoms with Crippen LogP contribution in [0.2, 0.25) is 0 Å². The Balaban J connectivity index is 4.41. The van der Waals surface area contributed by atoms with Crippen LogP contribution in [0.25, 0.3) is 0 Å². The monoisotopic (exact) mass is 254 g/mol. The second kappa shape index (κ2) is 5.12. The summed E-state index contributed by atoms with van der Waals surface area (Å²) in [6.45, 7) is 2.33. The molecule has 0 fully saturated rings. The van der Waals surface area contributed by atoms with Crippen LogP contribution in [0.1, 0.15) is 13.8 Å². The number of methoxy groups -OCH3 is 1. The number of carboxylic acids is 1. The van der Waals surface area contributed by atoms with Crippen molar-refractivity contribution in [2.75, 3.05) is 13.7 Å². The molecule has 0 saturated carbocycles. The van der Waals surface area contributed by atoms with Crippen molar-refractivity contribution in [2.45, 2.75) is 13.8 Å². The standard InChI is InChI=1S/C7H14N2O6S/c1-7(2,5(10)11)4-8-16(13,14)9-6(12)15-3/h8H,4H2,1-3H3,(H,9,12)(H,10,11). The van der Waals surface area contributed by atoms with Gasteiger partial charge in [0.25, 0.3) is 0 Å². The lowest BCUT2D eigenvalue weighted by molar-refractivity contribution is -0.146. The summed E-state index contributed by atoms with van der Waals surface area (Å²) in [7, 11) is -3.09. The highest BCUT2D eigenvalue weighted by molar-refractivity contribution is 7.88. The number of rotatable bonds is 5. The summed E-state index contributed by atoms with van der Waals surface area (Å²) in [5.41, 5.74) is -1.27. The fourth-order valence-corrected chi connectivity index (χ4v) is 1.46. The fourth-order valence-electron chi connectivity index (χ4n) is 0.539. The summed E-state index contributed by atoms with van der Waals surface area (Å²) < 4.78 is 29.8. The minimum Gasteiger partial charge on any atom is -0.481 e. The molecule has 9 heteroatoms. The molecule has 0 rings (SSSR count). The highest BCUT2D eigenvalue weighted by Gasteiger charge is 2.29. The third-order valence-corrected chi connectivity index (χ3v) is 2.65. The van der Waals surface area contributed by atoms with Gasteiger partial charge in [0.2, 0.25) is 0 Å². The molecular formula is C7H14N2O6S. The third kappa shape index (κ3) is 4.94. The van der Waals surface area contributed by atoms with Gasteiger partial charge in [-0.3, -0.25) is 4.79 Å². The number of amides is 1. The van der Waals surface area contributed by atoms with E-state index in [4.69, 9.17) is 5.11 Å². The lowest BCUT2D eigenvalue weighted by Gasteiger charge is -2.19. The lowest BCUT2D eigenvalue weighted by atomic mass is 9.95. The number of aliphatic carboxylic acids is 1. The van der Waals surface area contributed by atoms with E-state index in [0.29, 0.717) is 0 Å². The van der Waals surface area contributed by atoms with Crippen molar-refractivity contribution in [3.63, 3.8) is 0 Å². The Morgan fingerprint density at radius 3 is 2.25 bits per heavy atom. The van der Waals surface area contributed by atoms with Crippen LogP contribution in [0.4, 0.5) is 4.79 Å². The van der Waals surface area contributed by atoms with Crippen LogP contribution in [0, 0.1) is 5.41 Å². The maximum Gasteiger partial charge on any atom is 0.421 e. The van der Waals surface area contributed by atoms with E-state index in [1.54, 1.807) is 0 Å². The molecule has 0 bridgehead atoms. The van der Waals surface area contributed by atoms with E-state index in [1.807, 2.05) is 4.72 Å². The number of carbonyl (C=O) groups is 2. The van der Waals surface area contributed by atoms with Gasteiger partial charge in [-0.25, -0.2) is 9.52 Å². The van der Waals surface area contributed by atoms with Gasteiger partial charge in [-0.05, 0) is 13.8 Å². The first kappa shape index (κ1) is 14.6. The van der Waals surface area contributed by atoms with Gasteiger partial charge in [-0.15, -0.1) is 0 Å². The van der Waals surface area contributed by atoms with E-state index >= 15 is 0 Å². The maximum atomic E-state index is 11.2. The first-order valence-corrected chi connectivity index (χ1v) is 5.68. The summed E-state index contributed by atoms with van der Waals surface area (Å²) in [6.07, 6.45) is -1.15. The van der Waals surface area contributed by atoms with Crippen LogP contribution >= 0.6 is 0 Å². The molecule has 0 unspecified atom stereocenters. The van der Waals surface area contributed by atoms with Crippen molar-refractivity contribution in [3.8, 4) is 0 Å². The Morgan fingerprint density at radius 1 is 1.38 bits per heavy atom. The molecule has 16 heavy (non-hydrogen) atoms. The molecule has 94 valence electrons. The lowest BCUT2D eigenvalue weighted by Crippen LogP contribution is -2.45. The van der Waals surface area contributed by atoms with Crippen molar-refractivity contribution in [1.29, 1.82) is 0 Å². The molecule has 0 aliphatic carbocycles. The zero-order valence-corrected chi connectivity index (χ0v) is 9.92. The summed E-state index contributed by atoms with van der Waals surface area (Å²) in [5, 5.41) is 8.72. The number of hydrogen-bond donors (Lipinski definition) is 3. The topological polar surface area (TPSA) is 122 Å². The normalized spacial score (nSPS) is 11.9. The summed E-state index contributed by atoms with van der Waals surface area (Å²) in [6, 6.07) is 0. The number of carbonyl (C=O) groups excluding carboxylic acids is 1. The van der Waals surface area contributed by atoms with Crippen LogP contribution in [-0.4, -0.2) is 39.2 Å². The first-order chi connectivity index (χ1) is 7.10. The largest absolute Gasteiger partial charge is 0.481 e. The number of carboxylic acid groups (broad SMARTS) is 1. The summed E-state index contributed by atoms with van der Waals surface area (Å²) in [5.74, 6) is -1.16. The van der Waals surface area contributed by atoms with E-state index in [-0.39, 0.29) is 6.54 Å². The molecule has 0 aliphatic rings. The highest BCUT2D eigenvalue weighted by atomic mass is 32.2. The molecule has 0 aromatic heterocycles. The van der Waals surface area contributed by atoms with Crippen LogP contribution < -0.4 is 9.44 Å². The molecule has 0 atom stereocenters. The third-order valence-electron chi connectivity index (χ3n) is 1.69. The minimum absolute atomic E-state index is 0.353. The average molecular weight is 254 g/mol. The fraction of sp³-hybridized carbons (Fsp3) is 0.714. The van der Waals surface area contributed by atoms with Crippen molar-refractivity contribution >= 4 is 22.3 Å². The zero-order chi connectivity index (χ0) is 13.0. The van der Waals surface area contributed by atoms with Gasteiger partial charge in [-0.2, -0.15) is 13.1 Å². The molecular weight excluding hydrogens is 240 g/mol. The molecule has 0 aromatic rings. The zero-order valence-electron chi connectivity index (χ0n) is 9.10. The summed E-state index contributed by atoms with van der Waals surface area (Å²) in [4.78, 5) is 21.3. The Bertz CT molecular complexity index is 374. The van der Waals surface area contributed by atoms with Crippen LogP contribution in [0.5, 0.6) is 0 Å². The van der Waals surface area contributed by atoms with Gasteiger partial charge < -0.3 is 9.84 Å². The average Bonchev–Trinajstić information content (AvgIpc) is 2.14. The van der Waals surface area contributed by atoms with Crippen molar-refractivity contribution in [3.05, 3.63) is 0 Å². The molecule has 0 radical (unpaired) electrons. The SMILES string of the molecule is COC(=O)NS(=O)(=O)NCC(C)(C)C(=O)O. The van der Waals surface area contributed by atoms with E-state index in [0.717, 1.165) is 7.11 Å². The Labute approximate surface area is 93.2 Å². The van der Waals surface area contributed by atoms with Crippen LogP contribution in [-0.2, 0) is 19.7 Å². The smallest absolute Gasteiger partial charge is 0.421 e. The van der Waals surface area contributed by atoms with Gasteiger partial charge in [0.05, 0.1) is 12.5 Å². The molecule has 0 heterocycles. The predicted molar refractivity (Wildman–Crippen MR) is 53.9 cm³/mol. The van der Waals surface area contributed by atoms with E-state index < -0.39 is 27.7 Å². The van der Waals surface area contributed by atoms with Crippen molar-refractivity contribution in [2.24, 2.45) is 5.41 Å². The molecule has 0 saturated heterocycles. The Morgan fingerprint density at radius 2 is 1.88 bits per heavy atom. The molecule has 8 nitrogen and oxygen atoms in total. The molecule has 0 aliphatic heterocycles. The molecule has 1 amide bonds. The predicted octanol–water partition coefficient (Wildman–Crippen LogP) is -0.712. The quantitative estimate of drug-likeness (QED) is 0.595. The van der Waals surface area contributed by atoms with E-state index in [2.05, 4.69) is 4.74 Å². The second-order valence-electron chi connectivity index (χ2n) is 3.61. The number of hydrogen-bond acceptors (Lipinski definition) is 5. The Kier molecular flexibility index (Phi) is 4.69. The first-order valence-electron chi connectivity index (χ1n) is 4.19. The van der Waals surface area contributed by atoms with Crippen molar-refractivity contribution in [1.82, 2.24) is 9.44 Å². The van der Waals surface area contributed by atoms with E-state index in [1.165, 1.54) is 18.6 Å².